The molecule has 0 bridgehead atoms. The number of aliphatic hydroxyl groups is 1. The third-order valence-electron chi connectivity index (χ3n) is 2.79. The first kappa shape index (κ1) is 13.7. The lowest BCUT2D eigenvalue weighted by Gasteiger charge is -2.20. The predicted molar refractivity (Wildman–Crippen MR) is 66.2 cm³/mol. The van der Waals surface area contributed by atoms with E-state index in [2.05, 4.69) is 0 Å². The molecule has 3 nitrogen and oxygen atoms in total. The average Bonchev–Trinajstić information content (AvgIpc) is 2.35. The van der Waals surface area contributed by atoms with Crippen molar-refractivity contribution in [2.24, 2.45) is 11.8 Å². The Hall–Kier alpha value is -1.35. The number of hydrogen-bond donors (Lipinski definition) is 1. The molecule has 0 amide bonds. The largest absolute Gasteiger partial charge is 0.461 e. The Morgan fingerprint density at radius 3 is 2.35 bits per heavy atom. The molecule has 2 atom stereocenters. The molecule has 1 aromatic rings. The molecule has 0 aliphatic carbocycles. The summed E-state index contributed by atoms with van der Waals surface area (Å²) in [6, 6.07) is 9.51. The number of carbonyl (C=O) groups excluding carboxylic acids is 1. The molecule has 3 heteroatoms. The zero-order valence-corrected chi connectivity index (χ0v) is 10.6. The molecule has 0 saturated carbocycles. The van der Waals surface area contributed by atoms with Gasteiger partial charge in [0.2, 0.25) is 0 Å². The second-order valence-corrected chi connectivity index (χ2v) is 4.62. The molecule has 0 aromatic heterocycles. The van der Waals surface area contributed by atoms with Crippen molar-refractivity contribution in [3.8, 4) is 0 Å². The van der Waals surface area contributed by atoms with Crippen LogP contribution in [0.2, 0.25) is 0 Å². The third-order valence-corrected chi connectivity index (χ3v) is 2.79. The Labute approximate surface area is 102 Å². The second-order valence-electron chi connectivity index (χ2n) is 4.62. The van der Waals surface area contributed by atoms with Crippen LogP contribution < -0.4 is 0 Å². The molecule has 94 valence electrons. The molecule has 1 aromatic carbocycles. The van der Waals surface area contributed by atoms with Gasteiger partial charge in [0, 0.05) is 0 Å². The van der Waals surface area contributed by atoms with Gasteiger partial charge in [-0.25, -0.2) is 0 Å². The van der Waals surface area contributed by atoms with Crippen molar-refractivity contribution in [3.63, 3.8) is 0 Å². The van der Waals surface area contributed by atoms with E-state index in [0.29, 0.717) is 0 Å². The number of esters is 1. The fourth-order valence-electron chi connectivity index (χ4n) is 1.58. The van der Waals surface area contributed by atoms with E-state index >= 15 is 0 Å². The zero-order chi connectivity index (χ0) is 12.8. The summed E-state index contributed by atoms with van der Waals surface area (Å²) in [4.78, 5) is 11.7. The quantitative estimate of drug-likeness (QED) is 0.798. The summed E-state index contributed by atoms with van der Waals surface area (Å²) >= 11 is 0. The van der Waals surface area contributed by atoms with E-state index < -0.39 is 12.0 Å². The molecular weight excluding hydrogens is 216 g/mol. The Bertz CT molecular complexity index is 346. The van der Waals surface area contributed by atoms with E-state index in [1.54, 1.807) is 6.92 Å². The standard InChI is InChI=1S/C14H20O3/c1-10(2)13(15)11(3)14(16)17-9-12-7-5-4-6-8-12/h4-8,10-11,13,15H,9H2,1-3H3. The molecule has 0 aliphatic rings. The van der Waals surface area contributed by atoms with Crippen LogP contribution in [0.4, 0.5) is 0 Å². The average molecular weight is 236 g/mol. The van der Waals surface area contributed by atoms with Gasteiger partial charge in [-0.3, -0.25) is 4.79 Å². The fourth-order valence-corrected chi connectivity index (χ4v) is 1.58. The molecule has 1 rings (SSSR count). The highest BCUT2D eigenvalue weighted by molar-refractivity contribution is 5.72. The number of rotatable bonds is 5. The molecule has 0 radical (unpaired) electrons. The summed E-state index contributed by atoms with van der Waals surface area (Å²) in [5, 5.41) is 9.76. The zero-order valence-electron chi connectivity index (χ0n) is 10.6. The highest BCUT2D eigenvalue weighted by atomic mass is 16.5. The van der Waals surface area contributed by atoms with Gasteiger partial charge < -0.3 is 9.84 Å². The van der Waals surface area contributed by atoms with Crippen molar-refractivity contribution in [3.05, 3.63) is 35.9 Å². The van der Waals surface area contributed by atoms with Gasteiger partial charge in [0.05, 0.1) is 12.0 Å². The predicted octanol–water partition coefficient (Wildman–Crippen LogP) is 2.38. The molecule has 0 spiro atoms. The Kier molecular flexibility index (Phi) is 5.16. The number of ether oxygens (including phenoxy) is 1. The minimum absolute atomic E-state index is 0.0503. The first-order valence-electron chi connectivity index (χ1n) is 5.91. The molecule has 0 aliphatic heterocycles. The molecule has 2 unspecified atom stereocenters. The van der Waals surface area contributed by atoms with Crippen molar-refractivity contribution in [1.29, 1.82) is 0 Å². The maximum Gasteiger partial charge on any atom is 0.311 e. The molecular formula is C14H20O3. The van der Waals surface area contributed by atoms with Crippen molar-refractivity contribution < 1.29 is 14.6 Å². The maximum absolute atomic E-state index is 11.7. The summed E-state index contributed by atoms with van der Waals surface area (Å²) in [7, 11) is 0. The van der Waals surface area contributed by atoms with Crippen molar-refractivity contribution in [1.82, 2.24) is 0 Å². The van der Waals surface area contributed by atoms with E-state index in [0.717, 1.165) is 5.56 Å². The van der Waals surface area contributed by atoms with Crippen LogP contribution in [-0.2, 0) is 16.1 Å². The van der Waals surface area contributed by atoms with Gasteiger partial charge >= 0.3 is 5.97 Å². The third kappa shape index (κ3) is 4.19. The van der Waals surface area contributed by atoms with Crippen LogP contribution in [-0.4, -0.2) is 17.2 Å². The lowest BCUT2D eigenvalue weighted by molar-refractivity contribution is -0.154. The molecule has 0 saturated heterocycles. The van der Waals surface area contributed by atoms with Gasteiger partial charge in [-0.15, -0.1) is 0 Å². The van der Waals surface area contributed by atoms with Crippen LogP contribution in [0.25, 0.3) is 0 Å². The first-order chi connectivity index (χ1) is 8.02. The van der Waals surface area contributed by atoms with Crippen molar-refractivity contribution in [2.75, 3.05) is 0 Å². The molecule has 1 N–H and O–H groups in total. The monoisotopic (exact) mass is 236 g/mol. The number of hydrogen-bond acceptors (Lipinski definition) is 3. The van der Waals surface area contributed by atoms with Crippen molar-refractivity contribution in [2.45, 2.75) is 33.5 Å². The lowest BCUT2D eigenvalue weighted by Crippen LogP contribution is -2.31. The van der Waals surface area contributed by atoms with Gasteiger partial charge in [0.15, 0.2) is 0 Å². The Morgan fingerprint density at radius 1 is 1.24 bits per heavy atom. The molecule has 17 heavy (non-hydrogen) atoms. The van der Waals surface area contributed by atoms with Gasteiger partial charge in [0.1, 0.15) is 6.61 Å². The minimum atomic E-state index is -0.654. The maximum atomic E-state index is 11.7. The van der Waals surface area contributed by atoms with Crippen LogP contribution >= 0.6 is 0 Å². The van der Waals surface area contributed by atoms with Crippen LogP contribution in [0.5, 0.6) is 0 Å². The van der Waals surface area contributed by atoms with E-state index in [1.165, 1.54) is 0 Å². The normalized spacial score (nSPS) is 14.4. The van der Waals surface area contributed by atoms with Crippen molar-refractivity contribution >= 4 is 5.97 Å². The SMILES string of the molecule is CC(C)C(O)C(C)C(=O)OCc1ccccc1. The fraction of sp³-hybridized carbons (Fsp3) is 0.500. The first-order valence-corrected chi connectivity index (χ1v) is 5.91. The number of aliphatic hydroxyl groups excluding tert-OH is 1. The summed E-state index contributed by atoms with van der Waals surface area (Å²) in [6.07, 6.45) is -0.654. The van der Waals surface area contributed by atoms with E-state index in [-0.39, 0.29) is 18.5 Å². The van der Waals surface area contributed by atoms with Gasteiger partial charge in [-0.05, 0) is 18.4 Å². The highest BCUT2D eigenvalue weighted by Crippen LogP contribution is 2.14. The van der Waals surface area contributed by atoms with E-state index in [9.17, 15) is 9.90 Å². The topological polar surface area (TPSA) is 46.5 Å². The van der Waals surface area contributed by atoms with Gasteiger partial charge in [-0.1, -0.05) is 44.2 Å². The van der Waals surface area contributed by atoms with Crippen LogP contribution in [0.15, 0.2) is 30.3 Å². The highest BCUT2D eigenvalue weighted by Gasteiger charge is 2.25. The number of benzene rings is 1. The lowest BCUT2D eigenvalue weighted by atomic mass is 9.95. The second kappa shape index (κ2) is 6.40. The van der Waals surface area contributed by atoms with Gasteiger partial charge in [0.25, 0.3) is 0 Å². The van der Waals surface area contributed by atoms with Crippen LogP contribution in [0.3, 0.4) is 0 Å². The van der Waals surface area contributed by atoms with Crippen LogP contribution in [0.1, 0.15) is 26.3 Å². The number of carbonyl (C=O) groups is 1. The Balaban J connectivity index is 2.45. The summed E-state index contributed by atoms with van der Waals surface area (Å²) in [6.45, 7) is 5.71. The Morgan fingerprint density at radius 2 is 1.82 bits per heavy atom. The summed E-state index contributed by atoms with van der Waals surface area (Å²) in [5.41, 5.74) is 0.951. The summed E-state index contributed by atoms with van der Waals surface area (Å²) in [5.74, 6) is -0.789. The molecule has 0 fully saturated rings. The molecule has 0 heterocycles. The van der Waals surface area contributed by atoms with Crippen LogP contribution in [0, 0.1) is 11.8 Å². The van der Waals surface area contributed by atoms with E-state index in [4.69, 9.17) is 4.74 Å². The smallest absolute Gasteiger partial charge is 0.311 e. The van der Waals surface area contributed by atoms with E-state index in [1.807, 2.05) is 44.2 Å². The van der Waals surface area contributed by atoms with Gasteiger partial charge in [-0.2, -0.15) is 0 Å². The minimum Gasteiger partial charge on any atom is -0.461 e. The summed E-state index contributed by atoms with van der Waals surface area (Å²) < 4.78 is 5.16.